The maximum Gasteiger partial charge on any atom is 0.341 e. The van der Waals surface area contributed by atoms with E-state index < -0.39 is 5.97 Å². The van der Waals surface area contributed by atoms with E-state index in [-0.39, 0.29) is 23.7 Å². The lowest BCUT2D eigenvalue weighted by atomic mass is 10.0. The topological polar surface area (TPSA) is 95.3 Å². The highest BCUT2D eigenvalue weighted by Gasteiger charge is 2.26. The average Bonchev–Trinajstić information content (AvgIpc) is 3.57. The third-order valence-corrected chi connectivity index (χ3v) is 7.78. The van der Waals surface area contributed by atoms with Crippen LogP contribution in [0, 0.1) is 6.92 Å². The molecule has 1 fully saturated rings. The smallest absolute Gasteiger partial charge is 0.341 e. The number of nitrogens with zero attached hydrogens (tertiary/aromatic N) is 3. The van der Waals surface area contributed by atoms with Gasteiger partial charge in [0, 0.05) is 23.0 Å². The fourth-order valence-corrected chi connectivity index (χ4v) is 6.01. The molecule has 4 rings (SSSR count). The summed E-state index contributed by atoms with van der Waals surface area (Å²) < 4.78 is 12.9. The van der Waals surface area contributed by atoms with Crippen LogP contribution in [0.3, 0.4) is 0 Å². The quantitative estimate of drug-likeness (QED) is 0.312. The molecule has 1 saturated heterocycles. The van der Waals surface area contributed by atoms with Crippen molar-refractivity contribution >= 4 is 40.0 Å². The van der Waals surface area contributed by atoms with Crippen LogP contribution in [0.2, 0.25) is 0 Å². The third kappa shape index (κ3) is 5.76. The van der Waals surface area contributed by atoms with Crippen LogP contribution < -0.4 is 5.32 Å². The lowest BCUT2D eigenvalue weighted by Gasteiger charge is -2.16. The minimum Gasteiger partial charge on any atom is -0.465 e. The maximum atomic E-state index is 12.9. The Morgan fingerprint density at radius 2 is 2.06 bits per heavy atom. The average molecular weight is 515 g/mol. The Morgan fingerprint density at radius 3 is 2.71 bits per heavy atom. The van der Waals surface area contributed by atoms with Gasteiger partial charge < -0.3 is 19.4 Å². The minimum absolute atomic E-state index is 0.139. The molecule has 35 heavy (non-hydrogen) atoms. The summed E-state index contributed by atoms with van der Waals surface area (Å²) in [5.41, 5.74) is 2.06. The summed E-state index contributed by atoms with van der Waals surface area (Å²) >= 11 is 2.70. The van der Waals surface area contributed by atoms with Crippen LogP contribution in [0.1, 0.15) is 53.7 Å². The van der Waals surface area contributed by atoms with Crippen LogP contribution in [-0.2, 0) is 20.8 Å². The predicted octanol–water partition coefficient (Wildman–Crippen LogP) is 5.13. The van der Waals surface area contributed by atoms with Crippen molar-refractivity contribution in [1.82, 2.24) is 14.8 Å². The number of aromatic nitrogens is 3. The summed E-state index contributed by atoms with van der Waals surface area (Å²) in [6.07, 6.45) is 2.21. The van der Waals surface area contributed by atoms with Crippen molar-refractivity contribution in [1.29, 1.82) is 0 Å². The fourth-order valence-electron chi connectivity index (χ4n) is 4.17. The Bertz CT molecular complexity index is 1180. The first-order valence-electron chi connectivity index (χ1n) is 11.6. The van der Waals surface area contributed by atoms with Crippen molar-refractivity contribution in [3.63, 3.8) is 0 Å². The van der Waals surface area contributed by atoms with Gasteiger partial charge in [-0.2, -0.15) is 0 Å². The van der Waals surface area contributed by atoms with E-state index in [0.717, 1.165) is 41.3 Å². The first kappa shape index (κ1) is 25.4. The van der Waals surface area contributed by atoms with E-state index in [1.54, 1.807) is 0 Å². The van der Waals surface area contributed by atoms with Gasteiger partial charge in [0.05, 0.1) is 25.5 Å². The number of ether oxygens (including phenoxy) is 2. The number of benzene rings is 1. The molecule has 1 aromatic carbocycles. The number of carbonyl (C=O) groups is 2. The summed E-state index contributed by atoms with van der Waals surface area (Å²) in [4.78, 5) is 26.5. The van der Waals surface area contributed by atoms with Crippen LogP contribution in [0.15, 0.2) is 35.5 Å². The Hall–Kier alpha value is -2.69. The van der Waals surface area contributed by atoms with Gasteiger partial charge in [-0.15, -0.1) is 21.5 Å². The summed E-state index contributed by atoms with van der Waals surface area (Å²) in [5.74, 6) is 0.533. The molecular weight excluding hydrogens is 484 g/mol. The molecule has 0 saturated carbocycles. The number of anilines is 1. The Labute approximate surface area is 213 Å². The summed E-state index contributed by atoms with van der Waals surface area (Å²) in [6.45, 7) is 7.55. The number of nitrogens with one attached hydrogen (secondary N) is 1. The second-order valence-corrected chi connectivity index (χ2v) is 10.8. The zero-order valence-corrected chi connectivity index (χ0v) is 22.0. The lowest BCUT2D eigenvalue weighted by molar-refractivity contribution is -0.113. The van der Waals surface area contributed by atoms with E-state index in [2.05, 4.69) is 33.9 Å². The maximum absolute atomic E-state index is 12.9. The Balaban J connectivity index is 1.51. The molecule has 0 bridgehead atoms. The van der Waals surface area contributed by atoms with Gasteiger partial charge in [0.1, 0.15) is 16.4 Å². The first-order chi connectivity index (χ1) is 16.9. The van der Waals surface area contributed by atoms with Gasteiger partial charge in [-0.25, -0.2) is 4.79 Å². The van der Waals surface area contributed by atoms with Crippen LogP contribution in [-0.4, -0.2) is 52.2 Å². The normalized spacial score (nSPS) is 15.5. The summed E-state index contributed by atoms with van der Waals surface area (Å²) in [5, 5.41) is 12.8. The molecule has 3 aromatic rings. The molecular formula is C25H30N4O4S2. The molecule has 8 nitrogen and oxygen atoms in total. The predicted molar refractivity (Wildman–Crippen MR) is 138 cm³/mol. The summed E-state index contributed by atoms with van der Waals surface area (Å²) in [7, 11) is 1.35. The minimum atomic E-state index is -0.478. The number of thioether (sulfide) groups is 1. The number of thiophene rings is 1. The highest BCUT2D eigenvalue weighted by Crippen LogP contribution is 2.40. The van der Waals surface area contributed by atoms with E-state index in [4.69, 9.17) is 9.47 Å². The fraction of sp³-hybridized carbons (Fsp3) is 0.440. The molecule has 10 heteroatoms. The summed E-state index contributed by atoms with van der Waals surface area (Å²) in [6, 6.07) is 9.64. The lowest BCUT2D eigenvalue weighted by Crippen LogP contribution is -2.19. The van der Waals surface area contributed by atoms with Gasteiger partial charge in [-0.1, -0.05) is 55.9 Å². The number of hydrogen-bond donors (Lipinski definition) is 1. The molecule has 1 aliphatic rings. The molecule has 0 spiro atoms. The van der Waals surface area contributed by atoms with Crippen molar-refractivity contribution in [2.75, 3.05) is 24.8 Å². The number of aryl methyl sites for hydroxylation is 1. The largest absolute Gasteiger partial charge is 0.465 e. The Morgan fingerprint density at radius 1 is 1.29 bits per heavy atom. The SMILES string of the molecule is COC(=O)c1c(NC(=O)CSc2nnc(C(C)C)n2CC2CCCO2)sc(C)c1-c1ccccc1. The van der Waals surface area contributed by atoms with Crippen LogP contribution >= 0.6 is 23.1 Å². The van der Waals surface area contributed by atoms with Gasteiger partial charge in [0.2, 0.25) is 5.91 Å². The molecule has 186 valence electrons. The zero-order valence-electron chi connectivity index (χ0n) is 20.4. The Kier molecular flexibility index (Phi) is 8.25. The molecule has 1 amide bonds. The number of carbonyl (C=O) groups excluding carboxylic acids is 2. The number of amides is 1. The van der Waals surface area contributed by atoms with Gasteiger partial charge in [0.15, 0.2) is 5.16 Å². The van der Waals surface area contributed by atoms with Crippen LogP contribution in [0.25, 0.3) is 11.1 Å². The molecule has 3 heterocycles. The van der Waals surface area contributed by atoms with Crippen molar-refractivity contribution < 1.29 is 19.1 Å². The standard InChI is InChI=1S/C25H30N4O4S2/c1-15(2)22-27-28-25(29(22)13-18-11-8-12-33-18)34-14-19(30)26-23-21(24(31)32-4)20(16(3)35-23)17-9-6-5-7-10-17/h5-7,9-10,15,18H,8,11-14H2,1-4H3,(H,26,30). The molecule has 0 radical (unpaired) electrons. The molecule has 1 aliphatic heterocycles. The van der Waals surface area contributed by atoms with Gasteiger partial charge in [-0.05, 0) is 25.3 Å². The first-order valence-corrected chi connectivity index (χ1v) is 13.4. The second-order valence-electron chi connectivity index (χ2n) is 8.67. The van der Waals surface area contributed by atoms with Gasteiger partial charge >= 0.3 is 5.97 Å². The van der Waals surface area contributed by atoms with E-state index in [1.165, 1.54) is 30.2 Å². The number of hydrogen-bond acceptors (Lipinski definition) is 8. The number of esters is 1. The molecule has 0 aliphatic carbocycles. The monoisotopic (exact) mass is 514 g/mol. The second kappa shape index (κ2) is 11.4. The highest BCUT2D eigenvalue weighted by atomic mass is 32.2. The van der Waals surface area contributed by atoms with E-state index in [0.29, 0.717) is 22.3 Å². The van der Waals surface area contributed by atoms with E-state index in [1.807, 2.05) is 37.3 Å². The highest BCUT2D eigenvalue weighted by molar-refractivity contribution is 7.99. The van der Waals surface area contributed by atoms with Crippen molar-refractivity contribution in [2.24, 2.45) is 0 Å². The molecule has 1 unspecified atom stereocenters. The van der Waals surface area contributed by atoms with Gasteiger partial charge in [-0.3, -0.25) is 4.79 Å². The van der Waals surface area contributed by atoms with Crippen LogP contribution in [0.5, 0.6) is 0 Å². The molecule has 1 atom stereocenters. The molecule has 2 aromatic heterocycles. The van der Waals surface area contributed by atoms with Crippen molar-refractivity contribution in [2.45, 2.75) is 57.3 Å². The van der Waals surface area contributed by atoms with Crippen molar-refractivity contribution in [3.8, 4) is 11.1 Å². The molecule has 1 N–H and O–H groups in total. The van der Waals surface area contributed by atoms with E-state index in [9.17, 15) is 9.59 Å². The third-order valence-electron chi connectivity index (χ3n) is 5.79. The van der Waals surface area contributed by atoms with Crippen molar-refractivity contribution in [3.05, 3.63) is 46.6 Å². The van der Waals surface area contributed by atoms with Gasteiger partial charge in [0.25, 0.3) is 0 Å². The van der Waals surface area contributed by atoms with E-state index >= 15 is 0 Å². The zero-order chi connectivity index (χ0) is 24.9. The number of methoxy groups -OCH3 is 1. The number of rotatable bonds is 9. The van der Waals surface area contributed by atoms with Crippen LogP contribution in [0.4, 0.5) is 5.00 Å².